The van der Waals surface area contributed by atoms with Crippen LogP contribution in [-0.2, 0) is 20.9 Å². The molecule has 0 N–H and O–H groups in total. The molecule has 0 aliphatic heterocycles. The molecule has 6 rings (SSSR count). The van der Waals surface area contributed by atoms with E-state index < -0.39 is 0 Å². The molecule has 6 atom stereocenters. The molecule has 1 heterocycles. The van der Waals surface area contributed by atoms with Gasteiger partial charge in [0.05, 0.1) is 20.0 Å². The molecular formula is C35H44N2O5. The number of nitrogens with zero attached hydrogens (tertiary/aromatic N) is 2. The van der Waals surface area contributed by atoms with E-state index in [1.54, 1.807) is 13.3 Å². The van der Waals surface area contributed by atoms with Crippen LogP contribution in [0.15, 0.2) is 54.1 Å². The number of methoxy groups -OCH3 is 1. The van der Waals surface area contributed by atoms with Crippen LogP contribution in [0.4, 0.5) is 0 Å². The molecule has 42 heavy (non-hydrogen) atoms. The molecule has 224 valence electrons. The number of esters is 1. The van der Waals surface area contributed by atoms with Crippen LogP contribution >= 0.6 is 0 Å². The van der Waals surface area contributed by atoms with Gasteiger partial charge in [-0.2, -0.15) is 0 Å². The van der Waals surface area contributed by atoms with Crippen LogP contribution in [0.1, 0.15) is 77.7 Å². The quantitative estimate of drug-likeness (QED) is 0.150. The fraction of sp³-hybridized carbons (Fsp3) is 0.571. The Morgan fingerprint density at radius 2 is 1.95 bits per heavy atom. The van der Waals surface area contributed by atoms with Crippen molar-refractivity contribution >= 4 is 17.8 Å². The summed E-state index contributed by atoms with van der Waals surface area (Å²) in [6, 6.07) is 5.96. The van der Waals surface area contributed by atoms with E-state index in [1.165, 1.54) is 12.5 Å². The van der Waals surface area contributed by atoms with Crippen LogP contribution in [0.25, 0.3) is 6.08 Å². The molecule has 1 aromatic carbocycles. The van der Waals surface area contributed by atoms with E-state index in [4.69, 9.17) is 14.2 Å². The van der Waals surface area contributed by atoms with Crippen molar-refractivity contribution < 1.29 is 23.8 Å². The average Bonchev–Trinajstić information content (AvgIpc) is 3.58. The van der Waals surface area contributed by atoms with E-state index in [0.29, 0.717) is 41.6 Å². The summed E-state index contributed by atoms with van der Waals surface area (Å²) in [5.74, 6) is 2.98. The highest BCUT2D eigenvalue weighted by molar-refractivity contribution is 6.06. The van der Waals surface area contributed by atoms with Crippen molar-refractivity contribution in [2.75, 3.05) is 13.7 Å². The number of ether oxygens (including phenoxy) is 3. The van der Waals surface area contributed by atoms with Crippen LogP contribution in [0.3, 0.4) is 0 Å². The smallest absolute Gasteiger partial charge is 0.302 e. The van der Waals surface area contributed by atoms with E-state index >= 15 is 0 Å². The van der Waals surface area contributed by atoms with E-state index in [1.807, 2.05) is 35.3 Å². The molecule has 7 heteroatoms. The second-order valence-electron chi connectivity index (χ2n) is 13.3. The number of carbonyl (C=O) groups is 2. The molecule has 4 aliphatic carbocycles. The van der Waals surface area contributed by atoms with Crippen LogP contribution in [-0.4, -0.2) is 41.1 Å². The Morgan fingerprint density at radius 1 is 1.12 bits per heavy atom. The fourth-order valence-corrected chi connectivity index (χ4v) is 8.70. The zero-order valence-electron chi connectivity index (χ0n) is 25.4. The summed E-state index contributed by atoms with van der Waals surface area (Å²) < 4.78 is 19.3. The SMILES string of the molecule is COc1cc(C=C2C[C@H]3[C@@H]4CC=C5CC(OC(C)=O)CC[C@]5(C)[C@@H]4CC[C@]3(C)C2=O)ccc1OCCCn1ccnc1. The first-order chi connectivity index (χ1) is 20.2. The first kappa shape index (κ1) is 28.8. The molecule has 1 aromatic heterocycles. The molecular weight excluding hydrogens is 528 g/mol. The summed E-state index contributed by atoms with van der Waals surface area (Å²) in [4.78, 5) is 29.6. The third-order valence-corrected chi connectivity index (χ3v) is 10.9. The monoisotopic (exact) mass is 572 g/mol. The van der Waals surface area contributed by atoms with Crippen LogP contribution in [0, 0.1) is 28.6 Å². The number of Topliss-reactive ketones (excluding diaryl/α,β-unsaturated/α-hetero) is 1. The van der Waals surface area contributed by atoms with Gasteiger partial charge >= 0.3 is 5.97 Å². The zero-order chi connectivity index (χ0) is 29.5. The Bertz CT molecular complexity index is 1390. The number of fused-ring (bicyclic) bond motifs is 5. The van der Waals surface area contributed by atoms with Gasteiger partial charge in [0.1, 0.15) is 6.10 Å². The van der Waals surface area contributed by atoms with Crippen LogP contribution in [0.5, 0.6) is 11.5 Å². The van der Waals surface area contributed by atoms with Gasteiger partial charge in [-0.15, -0.1) is 0 Å². The Kier molecular flexibility index (Phi) is 7.79. The van der Waals surface area contributed by atoms with E-state index in [0.717, 1.165) is 69.0 Å². The number of benzene rings is 1. The normalized spacial score (nSPS) is 32.9. The Hall–Kier alpha value is -3.35. The summed E-state index contributed by atoms with van der Waals surface area (Å²) in [7, 11) is 1.66. The molecule has 0 bridgehead atoms. The number of ketones is 1. The maximum absolute atomic E-state index is 13.9. The number of carbonyl (C=O) groups excluding carboxylic acids is 2. The van der Waals surface area contributed by atoms with Gasteiger partial charge in [0, 0.05) is 37.7 Å². The van der Waals surface area contributed by atoms with Crippen molar-refractivity contribution in [1.29, 1.82) is 0 Å². The van der Waals surface area contributed by atoms with Crippen molar-refractivity contribution in [3.63, 3.8) is 0 Å². The van der Waals surface area contributed by atoms with Gasteiger partial charge in [-0.1, -0.05) is 31.6 Å². The van der Waals surface area contributed by atoms with E-state index in [9.17, 15) is 9.59 Å². The van der Waals surface area contributed by atoms with Crippen LogP contribution in [0.2, 0.25) is 0 Å². The van der Waals surface area contributed by atoms with E-state index in [2.05, 4.69) is 31.0 Å². The zero-order valence-corrected chi connectivity index (χ0v) is 25.4. The molecule has 0 spiro atoms. The van der Waals surface area contributed by atoms with Gasteiger partial charge in [-0.25, -0.2) is 4.98 Å². The summed E-state index contributed by atoms with van der Waals surface area (Å²) >= 11 is 0. The van der Waals surface area contributed by atoms with Crippen LogP contribution < -0.4 is 9.47 Å². The van der Waals surface area contributed by atoms with E-state index in [-0.39, 0.29) is 22.9 Å². The number of imidazole rings is 1. The summed E-state index contributed by atoms with van der Waals surface area (Å²) in [6.07, 6.45) is 17.7. The molecule has 3 saturated carbocycles. The minimum absolute atomic E-state index is 0.00550. The Morgan fingerprint density at radius 3 is 2.71 bits per heavy atom. The van der Waals surface area contributed by atoms with Crippen molar-refractivity contribution in [2.45, 2.75) is 84.8 Å². The Balaban J connectivity index is 1.16. The highest BCUT2D eigenvalue weighted by atomic mass is 16.5. The summed E-state index contributed by atoms with van der Waals surface area (Å²) in [5.41, 5.74) is 3.23. The lowest BCUT2D eigenvalue weighted by Gasteiger charge is -2.56. The lowest BCUT2D eigenvalue weighted by Crippen LogP contribution is -2.50. The number of aryl methyl sites for hydroxylation is 1. The minimum Gasteiger partial charge on any atom is -0.493 e. The standard InChI is InChI=1S/C35H44N2O5/c1-23(38)42-27-10-12-34(2)26(21-27)7-8-28-29(34)11-13-35(3)30(28)20-25(33(35)39)18-24-6-9-31(32(19-24)40-4)41-17-5-15-37-16-14-36-22-37/h6-7,9,14,16,18-19,22,27-30H,5,8,10-13,15,17,20-21H2,1-4H3/t27?,28-,29-,30+,34+,35+/m1/s1. The lowest BCUT2D eigenvalue weighted by atomic mass is 9.48. The molecule has 3 fully saturated rings. The second kappa shape index (κ2) is 11.4. The number of aromatic nitrogens is 2. The highest BCUT2D eigenvalue weighted by Crippen LogP contribution is 2.65. The predicted molar refractivity (Wildman–Crippen MR) is 161 cm³/mol. The van der Waals surface area contributed by atoms with Gasteiger partial charge in [0.15, 0.2) is 17.3 Å². The minimum atomic E-state index is -0.300. The van der Waals surface area contributed by atoms with Crippen molar-refractivity contribution in [2.24, 2.45) is 28.6 Å². The fourth-order valence-electron chi connectivity index (χ4n) is 8.70. The van der Waals surface area contributed by atoms with Gasteiger partial charge < -0.3 is 18.8 Å². The van der Waals surface area contributed by atoms with Gasteiger partial charge in [-0.3, -0.25) is 9.59 Å². The second-order valence-corrected chi connectivity index (χ2v) is 13.3. The molecule has 4 aliphatic rings. The molecule has 1 unspecified atom stereocenters. The predicted octanol–water partition coefficient (Wildman–Crippen LogP) is 6.82. The number of hydrogen-bond donors (Lipinski definition) is 0. The lowest BCUT2D eigenvalue weighted by molar-refractivity contribution is -0.148. The van der Waals surface area contributed by atoms with Gasteiger partial charge in [0.2, 0.25) is 0 Å². The molecule has 0 saturated heterocycles. The largest absolute Gasteiger partial charge is 0.493 e. The molecule has 0 radical (unpaired) electrons. The summed E-state index contributed by atoms with van der Waals surface area (Å²) in [5, 5.41) is 0. The van der Waals surface area contributed by atoms with Gasteiger partial charge in [0.25, 0.3) is 0 Å². The van der Waals surface area contributed by atoms with Crippen molar-refractivity contribution in [3.05, 3.63) is 59.7 Å². The maximum atomic E-state index is 13.9. The number of allylic oxidation sites excluding steroid dienone is 2. The van der Waals surface area contributed by atoms with Crippen molar-refractivity contribution in [3.8, 4) is 11.5 Å². The Labute approximate surface area is 249 Å². The molecule has 0 amide bonds. The highest BCUT2D eigenvalue weighted by Gasteiger charge is 2.60. The average molecular weight is 573 g/mol. The molecule has 2 aromatic rings. The summed E-state index contributed by atoms with van der Waals surface area (Å²) in [6.45, 7) is 7.59. The van der Waals surface area contributed by atoms with Crippen molar-refractivity contribution in [1.82, 2.24) is 9.55 Å². The first-order valence-electron chi connectivity index (χ1n) is 15.6. The maximum Gasteiger partial charge on any atom is 0.302 e. The first-order valence-corrected chi connectivity index (χ1v) is 15.6. The number of rotatable bonds is 8. The third-order valence-electron chi connectivity index (χ3n) is 10.9. The van der Waals surface area contributed by atoms with Gasteiger partial charge in [-0.05, 0) is 97.5 Å². The molecule has 7 nitrogen and oxygen atoms in total. The topological polar surface area (TPSA) is 79.6 Å². The third kappa shape index (κ3) is 5.20. The number of hydrogen-bond acceptors (Lipinski definition) is 6.